The number of hydrogen-bond donors (Lipinski definition) is 4. The van der Waals surface area contributed by atoms with Crippen molar-refractivity contribution in [1.82, 2.24) is 10.2 Å². The number of halogens is 1. The number of methoxy groups -OCH3 is 1. The number of aliphatic hydroxyl groups excluding tert-OH is 3. The van der Waals surface area contributed by atoms with Crippen molar-refractivity contribution in [3.05, 3.63) is 32.9 Å². The van der Waals surface area contributed by atoms with Gasteiger partial charge in [-0.15, -0.1) is 0 Å². The molecule has 0 spiro atoms. The van der Waals surface area contributed by atoms with Gasteiger partial charge in [-0.05, 0) is 77.5 Å². The van der Waals surface area contributed by atoms with Gasteiger partial charge in [0.1, 0.15) is 12.2 Å². The normalized spacial score (nSPS) is 21.5. The highest BCUT2D eigenvalue weighted by Crippen LogP contribution is 2.37. The molecule has 0 radical (unpaired) electrons. The standard InChI is InChI=1S/C29H43IN2O7/c1-18(2)8-10-32(26(35)14-19-6-4-5-7-19)23-15-21(29(37)31-9-11-33)16-24(27(23)36)39-28-22(30)12-20(17-34)13-25(28)38-3/h12-13,16,18-19,23-24,27,33-34,36H,4-11,14-15,17H2,1-3H3,(H,31,37)/t23-,24+,27+/m1/s1. The van der Waals surface area contributed by atoms with Crippen molar-refractivity contribution in [2.75, 3.05) is 26.8 Å². The summed E-state index contributed by atoms with van der Waals surface area (Å²) >= 11 is 2.09. The summed E-state index contributed by atoms with van der Waals surface area (Å²) in [6.07, 6.45) is 5.35. The molecule has 2 amide bonds. The molecule has 0 unspecified atom stereocenters. The molecule has 1 fully saturated rings. The van der Waals surface area contributed by atoms with Crippen LogP contribution in [0.1, 0.15) is 64.4 Å². The van der Waals surface area contributed by atoms with Crippen molar-refractivity contribution in [1.29, 1.82) is 0 Å². The maximum absolute atomic E-state index is 13.7. The zero-order chi connectivity index (χ0) is 28.5. The molecule has 39 heavy (non-hydrogen) atoms. The lowest BCUT2D eigenvalue weighted by Crippen LogP contribution is -2.55. The predicted octanol–water partition coefficient (Wildman–Crippen LogP) is 3.16. The highest BCUT2D eigenvalue weighted by molar-refractivity contribution is 14.1. The quantitative estimate of drug-likeness (QED) is 0.240. The number of hydrogen-bond acceptors (Lipinski definition) is 7. The monoisotopic (exact) mass is 658 g/mol. The van der Waals surface area contributed by atoms with E-state index in [1.165, 1.54) is 7.11 Å². The molecule has 0 bridgehead atoms. The summed E-state index contributed by atoms with van der Waals surface area (Å²) in [6, 6.07) is 2.79. The van der Waals surface area contributed by atoms with Crippen molar-refractivity contribution in [2.24, 2.45) is 11.8 Å². The third-order valence-electron chi connectivity index (χ3n) is 7.55. The van der Waals surface area contributed by atoms with E-state index in [2.05, 4.69) is 41.8 Å². The van der Waals surface area contributed by atoms with E-state index in [0.717, 1.165) is 32.1 Å². The SMILES string of the molecule is COc1cc(CO)cc(I)c1O[C@H]1C=C(C(=O)NCCO)C[C@@H](N(CCC(C)C)C(=O)CC2CCCC2)[C@@H]1O. The van der Waals surface area contributed by atoms with E-state index >= 15 is 0 Å². The lowest BCUT2D eigenvalue weighted by atomic mass is 9.87. The van der Waals surface area contributed by atoms with Gasteiger partial charge in [0.15, 0.2) is 11.5 Å². The zero-order valence-electron chi connectivity index (χ0n) is 23.2. The minimum atomic E-state index is -1.09. The number of nitrogens with one attached hydrogen (secondary N) is 1. The van der Waals surface area contributed by atoms with Crippen molar-refractivity contribution >= 4 is 34.4 Å². The van der Waals surface area contributed by atoms with Crippen LogP contribution in [0.5, 0.6) is 11.5 Å². The van der Waals surface area contributed by atoms with Crippen LogP contribution < -0.4 is 14.8 Å². The van der Waals surface area contributed by atoms with Gasteiger partial charge in [0.25, 0.3) is 0 Å². The largest absolute Gasteiger partial charge is 0.493 e. The molecule has 3 atom stereocenters. The second-order valence-electron chi connectivity index (χ2n) is 10.9. The third kappa shape index (κ3) is 8.55. The molecule has 0 heterocycles. The topological polar surface area (TPSA) is 129 Å². The number of ether oxygens (including phenoxy) is 2. The van der Waals surface area contributed by atoms with Gasteiger partial charge in [0.05, 0.1) is 29.9 Å². The van der Waals surface area contributed by atoms with E-state index in [0.29, 0.717) is 51.0 Å². The van der Waals surface area contributed by atoms with Crippen LogP contribution in [0.15, 0.2) is 23.8 Å². The van der Waals surface area contributed by atoms with Gasteiger partial charge in [-0.25, -0.2) is 0 Å². The van der Waals surface area contributed by atoms with Crippen molar-refractivity contribution in [3.8, 4) is 11.5 Å². The van der Waals surface area contributed by atoms with E-state index in [1.807, 2.05) is 0 Å². The van der Waals surface area contributed by atoms with Crippen LogP contribution in [0.3, 0.4) is 0 Å². The first kappa shape index (κ1) is 31.6. The number of amides is 2. The Balaban J connectivity index is 1.96. The molecule has 3 rings (SSSR count). The molecule has 218 valence electrons. The Hall–Kier alpha value is -1.89. The van der Waals surface area contributed by atoms with Crippen molar-refractivity contribution < 1.29 is 34.4 Å². The van der Waals surface area contributed by atoms with Gasteiger partial charge in [-0.1, -0.05) is 26.7 Å². The number of nitrogens with zero attached hydrogens (tertiary/aromatic N) is 1. The average Bonchev–Trinajstić information content (AvgIpc) is 3.42. The highest BCUT2D eigenvalue weighted by Gasteiger charge is 2.41. The van der Waals surface area contributed by atoms with Gasteiger partial charge in [-0.2, -0.15) is 0 Å². The fraction of sp³-hybridized carbons (Fsp3) is 0.655. The Morgan fingerprint density at radius 1 is 1.21 bits per heavy atom. The lowest BCUT2D eigenvalue weighted by molar-refractivity contribution is -0.139. The molecule has 1 saturated carbocycles. The molecule has 1 aromatic rings. The molecule has 0 saturated heterocycles. The van der Waals surface area contributed by atoms with E-state index < -0.39 is 18.2 Å². The van der Waals surface area contributed by atoms with Gasteiger partial charge < -0.3 is 35.0 Å². The summed E-state index contributed by atoms with van der Waals surface area (Å²) in [7, 11) is 1.50. The second-order valence-corrected chi connectivity index (χ2v) is 12.1. The lowest BCUT2D eigenvalue weighted by Gasteiger charge is -2.41. The molecule has 2 aliphatic carbocycles. The summed E-state index contributed by atoms with van der Waals surface area (Å²) in [5, 5.41) is 33.2. The van der Waals surface area contributed by atoms with Crippen LogP contribution in [0, 0.1) is 15.4 Å². The maximum Gasteiger partial charge on any atom is 0.247 e. The highest BCUT2D eigenvalue weighted by atomic mass is 127. The molecule has 0 aromatic heterocycles. The van der Waals surface area contributed by atoms with E-state index in [9.17, 15) is 24.9 Å². The molecule has 10 heteroatoms. The van der Waals surface area contributed by atoms with Crippen LogP contribution in [-0.2, 0) is 16.2 Å². The Morgan fingerprint density at radius 2 is 1.92 bits per heavy atom. The minimum Gasteiger partial charge on any atom is -0.493 e. The summed E-state index contributed by atoms with van der Waals surface area (Å²) in [4.78, 5) is 28.5. The maximum atomic E-state index is 13.7. The van der Waals surface area contributed by atoms with Gasteiger partial charge >= 0.3 is 0 Å². The Morgan fingerprint density at radius 3 is 2.54 bits per heavy atom. The van der Waals surface area contributed by atoms with Crippen LogP contribution in [-0.4, -0.2) is 77.1 Å². The van der Waals surface area contributed by atoms with E-state index in [-0.39, 0.29) is 38.0 Å². The van der Waals surface area contributed by atoms with Gasteiger partial charge in [0.2, 0.25) is 11.8 Å². The fourth-order valence-electron chi connectivity index (χ4n) is 5.35. The fourth-order valence-corrected chi connectivity index (χ4v) is 6.14. The number of aliphatic hydroxyl groups is 3. The number of carbonyl (C=O) groups excluding carboxylic acids is 2. The molecular formula is C29H43IN2O7. The smallest absolute Gasteiger partial charge is 0.247 e. The summed E-state index contributed by atoms with van der Waals surface area (Å²) < 4.78 is 12.5. The van der Waals surface area contributed by atoms with Gasteiger partial charge in [0, 0.05) is 31.5 Å². The third-order valence-corrected chi connectivity index (χ3v) is 8.35. The van der Waals surface area contributed by atoms with Crippen LogP contribution in [0.2, 0.25) is 0 Å². The van der Waals surface area contributed by atoms with E-state index in [4.69, 9.17) is 9.47 Å². The molecule has 4 N–H and O–H groups in total. The first-order valence-electron chi connectivity index (χ1n) is 13.9. The summed E-state index contributed by atoms with van der Waals surface area (Å²) in [5.74, 6) is 1.14. The average molecular weight is 659 g/mol. The predicted molar refractivity (Wildman–Crippen MR) is 156 cm³/mol. The summed E-state index contributed by atoms with van der Waals surface area (Å²) in [6.45, 7) is 4.42. The Kier molecular flexibility index (Phi) is 12.3. The molecule has 2 aliphatic rings. The van der Waals surface area contributed by atoms with Crippen LogP contribution in [0.4, 0.5) is 0 Å². The van der Waals surface area contributed by atoms with Crippen LogP contribution >= 0.6 is 22.6 Å². The minimum absolute atomic E-state index is 0.00169. The van der Waals surface area contributed by atoms with E-state index in [1.54, 1.807) is 23.1 Å². The van der Waals surface area contributed by atoms with Crippen LogP contribution in [0.25, 0.3) is 0 Å². The molecule has 9 nitrogen and oxygen atoms in total. The zero-order valence-corrected chi connectivity index (χ0v) is 25.4. The first-order chi connectivity index (χ1) is 18.7. The number of carbonyl (C=O) groups is 2. The number of benzene rings is 1. The van der Waals surface area contributed by atoms with Crippen molar-refractivity contribution in [3.63, 3.8) is 0 Å². The Labute approximate surface area is 245 Å². The molecule has 0 aliphatic heterocycles. The Bertz CT molecular complexity index is 1010. The molecular weight excluding hydrogens is 615 g/mol. The first-order valence-corrected chi connectivity index (χ1v) is 15.0. The molecule has 1 aromatic carbocycles. The second kappa shape index (κ2) is 15.2. The van der Waals surface area contributed by atoms with Crippen molar-refractivity contribution in [2.45, 2.75) is 83.6 Å². The summed E-state index contributed by atoms with van der Waals surface area (Å²) in [5.41, 5.74) is 1.05. The number of rotatable bonds is 13. The van der Waals surface area contributed by atoms with Gasteiger partial charge in [-0.3, -0.25) is 9.59 Å².